The van der Waals surface area contributed by atoms with E-state index in [0.717, 1.165) is 22.9 Å². The maximum atomic E-state index is 4.53. The molecule has 2 aromatic heterocycles. The Balaban J connectivity index is 2.33. The minimum Gasteiger partial charge on any atom is -0.363 e. The molecule has 2 rings (SSSR count). The fourth-order valence-corrected chi connectivity index (χ4v) is 1.51. The lowest BCUT2D eigenvalue weighted by Crippen LogP contribution is -2.11. The highest BCUT2D eigenvalue weighted by molar-refractivity contribution is 5.60. The first-order valence-electron chi connectivity index (χ1n) is 5.71. The van der Waals surface area contributed by atoms with Gasteiger partial charge in [-0.2, -0.15) is 0 Å². The van der Waals surface area contributed by atoms with Crippen LogP contribution in [0.4, 0.5) is 11.6 Å². The molecule has 0 aliphatic heterocycles. The Kier molecular flexibility index (Phi) is 3.41. The molecule has 0 N–H and O–H groups in total. The second kappa shape index (κ2) is 5.00. The van der Waals surface area contributed by atoms with E-state index in [9.17, 15) is 0 Å². The molecule has 5 heteroatoms. The molecule has 0 bridgehead atoms. The quantitative estimate of drug-likeness (QED) is 0.820. The average molecular weight is 243 g/mol. The molecule has 0 spiro atoms. The summed E-state index contributed by atoms with van der Waals surface area (Å²) in [6.07, 6.45) is 5.31. The Hall–Kier alpha value is -2.17. The highest BCUT2D eigenvalue weighted by Gasteiger charge is 2.04. The van der Waals surface area contributed by atoms with Gasteiger partial charge in [0.25, 0.3) is 0 Å². The standard InChI is InChI=1S/C13H17N5/c1-17(2)12-6-5-10(7-15-12)11-8-14-9-13(16-11)18(3)4/h5-9H,1-4H3. The van der Waals surface area contributed by atoms with E-state index in [1.807, 2.05) is 56.3 Å². The van der Waals surface area contributed by atoms with Crippen molar-refractivity contribution in [3.05, 3.63) is 30.7 Å². The van der Waals surface area contributed by atoms with Gasteiger partial charge < -0.3 is 9.80 Å². The summed E-state index contributed by atoms with van der Waals surface area (Å²) in [5.74, 6) is 1.76. The summed E-state index contributed by atoms with van der Waals surface area (Å²) in [4.78, 5) is 17.0. The molecule has 0 aliphatic rings. The Bertz CT molecular complexity index is 519. The van der Waals surface area contributed by atoms with Crippen LogP contribution in [-0.4, -0.2) is 43.1 Å². The first-order chi connectivity index (χ1) is 8.58. The predicted molar refractivity (Wildman–Crippen MR) is 73.9 cm³/mol. The SMILES string of the molecule is CN(C)c1ccc(-c2cncc(N(C)C)n2)cn1. The van der Waals surface area contributed by atoms with E-state index in [1.54, 1.807) is 12.4 Å². The highest BCUT2D eigenvalue weighted by atomic mass is 15.1. The number of aromatic nitrogens is 3. The van der Waals surface area contributed by atoms with E-state index in [4.69, 9.17) is 0 Å². The van der Waals surface area contributed by atoms with Crippen LogP contribution in [0.3, 0.4) is 0 Å². The van der Waals surface area contributed by atoms with Gasteiger partial charge in [0, 0.05) is 40.0 Å². The van der Waals surface area contributed by atoms with Crippen molar-refractivity contribution in [1.29, 1.82) is 0 Å². The summed E-state index contributed by atoms with van der Waals surface area (Å²) >= 11 is 0. The van der Waals surface area contributed by atoms with Crippen molar-refractivity contribution in [2.75, 3.05) is 38.0 Å². The van der Waals surface area contributed by atoms with Gasteiger partial charge >= 0.3 is 0 Å². The van der Waals surface area contributed by atoms with Crippen LogP contribution in [-0.2, 0) is 0 Å². The van der Waals surface area contributed by atoms with Gasteiger partial charge in [-0.1, -0.05) is 0 Å². The van der Waals surface area contributed by atoms with Crippen LogP contribution in [0.15, 0.2) is 30.7 Å². The second-order valence-electron chi connectivity index (χ2n) is 4.46. The molecule has 0 saturated carbocycles. The normalized spacial score (nSPS) is 10.2. The Morgan fingerprint density at radius 1 is 0.833 bits per heavy atom. The predicted octanol–water partition coefficient (Wildman–Crippen LogP) is 1.67. The van der Waals surface area contributed by atoms with Gasteiger partial charge in [0.2, 0.25) is 0 Å². The largest absolute Gasteiger partial charge is 0.363 e. The third kappa shape index (κ3) is 2.56. The molecule has 0 unspecified atom stereocenters. The van der Waals surface area contributed by atoms with Crippen molar-refractivity contribution in [3.63, 3.8) is 0 Å². The van der Waals surface area contributed by atoms with E-state index < -0.39 is 0 Å². The summed E-state index contributed by atoms with van der Waals surface area (Å²) in [6.45, 7) is 0. The minimum atomic E-state index is 0.832. The van der Waals surface area contributed by atoms with Crippen LogP contribution < -0.4 is 9.80 Å². The molecule has 0 fully saturated rings. The molecule has 18 heavy (non-hydrogen) atoms. The van der Waals surface area contributed by atoms with E-state index in [0.29, 0.717) is 0 Å². The van der Waals surface area contributed by atoms with Crippen LogP contribution in [0.25, 0.3) is 11.3 Å². The lowest BCUT2D eigenvalue weighted by molar-refractivity contribution is 1.04. The number of anilines is 2. The molecule has 0 amide bonds. The van der Waals surface area contributed by atoms with Gasteiger partial charge in [0.15, 0.2) is 0 Å². The van der Waals surface area contributed by atoms with Gasteiger partial charge in [-0.25, -0.2) is 9.97 Å². The Morgan fingerprint density at radius 3 is 2.11 bits per heavy atom. The lowest BCUT2D eigenvalue weighted by Gasteiger charge is -2.13. The molecule has 5 nitrogen and oxygen atoms in total. The fraction of sp³-hybridized carbons (Fsp3) is 0.308. The van der Waals surface area contributed by atoms with E-state index in [1.165, 1.54) is 0 Å². The first-order valence-corrected chi connectivity index (χ1v) is 5.71. The van der Waals surface area contributed by atoms with Crippen molar-refractivity contribution in [2.45, 2.75) is 0 Å². The third-order valence-corrected chi connectivity index (χ3v) is 2.58. The lowest BCUT2D eigenvalue weighted by atomic mass is 10.2. The first kappa shape index (κ1) is 12.3. The van der Waals surface area contributed by atoms with Gasteiger partial charge in [0.05, 0.1) is 18.1 Å². The number of nitrogens with zero attached hydrogens (tertiary/aromatic N) is 5. The number of rotatable bonds is 3. The summed E-state index contributed by atoms with van der Waals surface area (Å²) < 4.78 is 0. The molecule has 0 radical (unpaired) electrons. The summed E-state index contributed by atoms with van der Waals surface area (Å²) in [5.41, 5.74) is 1.80. The zero-order valence-electron chi connectivity index (χ0n) is 11.1. The van der Waals surface area contributed by atoms with Crippen molar-refractivity contribution in [3.8, 4) is 11.3 Å². The topological polar surface area (TPSA) is 45.2 Å². The zero-order chi connectivity index (χ0) is 13.1. The smallest absolute Gasteiger partial charge is 0.147 e. The Labute approximate surface area is 107 Å². The molecule has 0 saturated heterocycles. The van der Waals surface area contributed by atoms with Gasteiger partial charge in [-0.05, 0) is 12.1 Å². The molecule has 0 aliphatic carbocycles. The maximum Gasteiger partial charge on any atom is 0.147 e. The van der Waals surface area contributed by atoms with Crippen LogP contribution in [0.2, 0.25) is 0 Å². The number of hydrogen-bond donors (Lipinski definition) is 0. The zero-order valence-corrected chi connectivity index (χ0v) is 11.1. The van der Waals surface area contributed by atoms with Crippen LogP contribution >= 0.6 is 0 Å². The molecular weight excluding hydrogens is 226 g/mol. The van der Waals surface area contributed by atoms with Gasteiger partial charge in [-0.15, -0.1) is 0 Å². The van der Waals surface area contributed by atoms with Crippen molar-refractivity contribution >= 4 is 11.6 Å². The summed E-state index contributed by atoms with van der Waals surface area (Å²) in [6, 6.07) is 3.98. The van der Waals surface area contributed by atoms with Gasteiger partial charge in [-0.3, -0.25) is 4.98 Å². The maximum absolute atomic E-state index is 4.53. The molecule has 94 valence electrons. The summed E-state index contributed by atoms with van der Waals surface area (Å²) in [7, 11) is 7.82. The fourth-order valence-electron chi connectivity index (χ4n) is 1.51. The van der Waals surface area contributed by atoms with Crippen LogP contribution in [0, 0.1) is 0 Å². The molecule has 0 atom stereocenters. The van der Waals surface area contributed by atoms with Crippen molar-refractivity contribution in [2.24, 2.45) is 0 Å². The van der Waals surface area contributed by atoms with E-state index in [2.05, 4.69) is 15.0 Å². The van der Waals surface area contributed by atoms with Gasteiger partial charge in [0.1, 0.15) is 11.6 Å². The van der Waals surface area contributed by atoms with E-state index >= 15 is 0 Å². The number of hydrogen-bond acceptors (Lipinski definition) is 5. The van der Waals surface area contributed by atoms with Crippen LogP contribution in [0.5, 0.6) is 0 Å². The molecular formula is C13H17N5. The Morgan fingerprint density at radius 2 is 1.56 bits per heavy atom. The molecule has 0 aromatic carbocycles. The highest BCUT2D eigenvalue weighted by Crippen LogP contribution is 2.19. The number of pyridine rings is 1. The molecule has 2 aromatic rings. The third-order valence-electron chi connectivity index (χ3n) is 2.58. The van der Waals surface area contributed by atoms with E-state index in [-0.39, 0.29) is 0 Å². The monoisotopic (exact) mass is 243 g/mol. The minimum absolute atomic E-state index is 0.832. The summed E-state index contributed by atoms with van der Waals surface area (Å²) in [5, 5.41) is 0. The van der Waals surface area contributed by atoms with Crippen molar-refractivity contribution < 1.29 is 0 Å². The van der Waals surface area contributed by atoms with Crippen LogP contribution in [0.1, 0.15) is 0 Å². The molecule has 2 heterocycles. The van der Waals surface area contributed by atoms with Crippen molar-refractivity contribution in [1.82, 2.24) is 15.0 Å². The second-order valence-corrected chi connectivity index (χ2v) is 4.46. The average Bonchev–Trinajstić information content (AvgIpc) is 2.39.